The molecule has 0 saturated carbocycles. The first kappa shape index (κ1) is 15.6. The second-order valence-electron chi connectivity index (χ2n) is 5.34. The smallest absolute Gasteiger partial charge is 0.151 e. The van der Waals surface area contributed by atoms with Crippen LogP contribution in [0.4, 0.5) is 4.39 Å². The van der Waals surface area contributed by atoms with Crippen molar-refractivity contribution in [1.82, 2.24) is 20.1 Å². The summed E-state index contributed by atoms with van der Waals surface area (Å²) in [6, 6.07) is 5.40. The molecule has 2 aromatic rings. The largest absolute Gasteiger partial charge is 0.310 e. The molecule has 0 saturated heterocycles. The van der Waals surface area contributed by atoms with E-state index in [2.05, 4.69) is 15.4 Å². The average Bonchev–Trinajstić information content (AvgIpc) is 2.88. The summed E-state index contributed by atoms with van der Waals surface area (Å²) >= 11 is 0. The lowest BCUT2D eigenvalue weighted by molar-refractivity contribution is 0.549. The van der Waals surface area contributed by atoms with Crippen molar-refractivity contribution in [3.63, 3.8) is 0 Å². The van der Waals surface area contributed by atoms with E-state index in [1.807, 2.05) is 33.8 Å². The number of hydrogen-bond donors (Lipinski definition) is 1. The summed E-state index contributed by atoms with van der Waals surface area (Å²) in [7, 11) is 0. The lowest BCUT2D eigenvalue weighted by Gasteiger charge is -2.14. The molecule has 0 aliphatic rings. The highest BCUT2D eigenvalue weighted by Gasteiger charge is 2.15. The van der Waals surface area contributed by atoms with Crippen LogP contribution in [-0.4, -0.2) is 20.8 Å². The van der Waals surface area contributed by atoms with Crippen molar-refractivity contribution in [3.05, 3.63) is 41.2 Å². The van der Waals surface area contributed by atoms with Crippen molar-refractivity contribution in [3.8, 4) is 5.69 Å². The minimum absolute atomic E-state index is 0.212. The molecule has 0 unspecified atom stereocenters. The Morgan fingerprint density at radius 2 is 2.00 bits per heavy atom. The molecule has 2 rings (SSSR count). The quantitative estimate of drug-likeness (QED) is 0.889. The number of aryl methyl sites for hydroxylation is 2. The van der Waals surface area contributed by atoms with Crippen molar-refractivity contribution in [2.24, 2.45) is 0 Å². The standard InChI is InChI=1S/C16H23FN4/c1-5-15-19-16(6-2)21(20-15)14-9-7-8-13(17)12(14)10-18-11(3)4/h7-9,11,18H,5-6,10H2,1-4H3. The molecule has 1 aromatic carbocycles. The summed E-state index contributed by atoms with van der Waals surface area (Å²) in [5, 5.41) is 7.78. The Kier molecular flexibility index (Phi) is 5.07. The lowest BCUT2D eigenvalue weighted by atomic mass is 10.1. The van der Waals surface area contributed by atoms with Gasteiger partial charge in [-0.25, -0.2) is 14.1 Å². The predicted octanol–water partition coefficient (Wildman–Crippen LogP) is 3.03. The number of halogens is 1. The van der Waals surface area contributed by atoms with Crippen LogP contribution < -0.4 is 5.32 Å². The first-order chi connectivity index (χ1) is 10.1. The second kappa shape index (κ2) is 6.80. The van der Waals surface area contributed by atoms with Gasteiger partial charge in [-0.15, -0.1) is 0 Å². The third-order valence-electron chi connectivity index (χ3n) is 3.36. The zero-order valence-electron chi connectivity index (χ0n) is 13.2. The highest BCUT2D eigenvalue weighted by molar-refractivity contribution is 5.42. The summed E-state index contributed by atoms with van der Waals surface area (Å²) < 4.78 is 16.0. The highest BCUT2D eigenvalue weighted by Crippen LogP contribution is 2.19. The van der Waals surface area contributed by atoms with Gasteiger partial charge in [0.15, 0.2) is 5.82 Å². The Labute approximate surface area is 125 Å². The summed E-state index contributed by atoms with van der Waals surface area (Å²) in [4.78, 5) is 4.50. The van der Waals surface area contributed by atoms with Crippen molar-refractivity contribution >= 4 is 0 Å². The van der Waals surface area contributed by atoms with E-state index in [1.54, 1.807) is 10.7 Å². The first-order valence-corrected chi connectivity index (χ1v) is 7.52. The topological polar surface area (TPSA) is 42.7 Å². The number of aromatic nitrogens is 3. The van der Waals surface area contributed by atoms with E-state index >= 15 is 0 Å². The molecule has 0 radical (unpaired) electrons. The van der Waals surface area contributed by atoms with Gasteiger partial charge >= 0.3 is 0 Å². The summed E-state index contributed by atoms with van der Waals surface area (Å²) in [5.41, 5.74) is 1.40. The molecule has 0 amide bonds. The fraction of sp³-hybridized carbons (Fsp3) is 0.500. The monoisotopic (exact) mass is 290 g/mol. The average molecular weight is 290 g/mol. The molecular weight excluding hydrogens is 267 g/mol. The Morgan fingerprint density at radius 3 is 2.62 bits per heavy atom. The van der Waals surface area contributed by atoms with Crippen LogP contribution in [-0.2, 0) is 19.4 Å². The Morgan fingerprint density at radius 1 is 1.24 bits per heavy atom. The SMILES string of the molecule is CCc1nc(CC)n(-c2cccc(F)c2CNC(C)C)n1. The maximum absolute atomic E-state index is 14.2. The van der Waals surface area contributed by atoms with Gasteiger partial charge < -0.3 is 5.32 Å². The molecule has 0 aliphatic carbocycles. The second-order valence-corrected chi connectivity index (χ2v) is 5.34. The van der Waals surface area contributed by atoms with Crippen LogP contribution in [0.3, 0.4) is 0 Å². The van der Waals surface area contributed by atoms with Crippen molar-refractivity contribution in [1.29, 1.82) is 0 Å². The van der Waals surface area contributed by atoms with Gasteiger partial charge in [-0.3, -0.25) is 0 Å². The van der Waals surface area contributed by atoms with Crippen LogP contribution in [0.25, 0.3) is 5.69 Å². The van der Waals surface area contributed by atoms with Crippen LogP contribution in [0.1, 0.15) is 44.9 Å². The first-order valence-electron chi connectivity index (χ1n) is 7.52. The fourth-order valence-electron chi connectivity index (χ4n) is 2.19. The molecule has 4 nitrogen and oxygen atoms in total. The summed E-state index contributed by atoms with van der Waals surface area (Å²) in [6.45, 7) is 8.62. The molecule has 114 valence electrons. The molecule has 0 atom stereocenters. The van der Waals surface area contributed by atoms with Crippen molar-refractivity contribution in [2.45, 2.75) is 53.1 Å². The molecule has 1 N–H and O–H groups in total. The maximum atomic E-state index is 14.2. The zero-order valence-corrected chi connectivity index (χ0v) is 13.2. The number of hydrogen-bond acceptors (Lipinski definition) is 3. The third-order valence-corrected chi connectivity index (χ3v) is 3.36. The van der Waals surface area contributed by atoms with Gasteiger partial charge in [0.25, 0.3) is 0 Å². The summed E-state index contributed by atoms with van der Waals surface area (Å²) in [5.74, 6) is 1.44. The van der Waals surface area contributed by atoms with E-state index in [9.17, 15) is 4.39 Å². The van der Waals surface area contributed by atoms with Gasteiger partial charge in [-0.05, 0) is 12.1 Å². The van der Waals surface area contributed by atoms with E-state index in [0.29, 0.717) is 18.2 Å². The van der Waals surface area contributed by atoms with Gasteiger partial charge in [0, 0.05) is 31.0 Å². The van der Waals surface area contributed by atoms with Crippen LogP contribution in [0.2, 0.25) is 0 Å². The van der Waals surface area contributed by atoms with Crippen molar-refractivity contribution in [2.75, 3.05) is 0 Å². The van der Waals surface area contributed by atoms with E-state index in [1.165, 1.54) is 6.07 Å². The number of benzene rings is 1. The molecule has 1 aromatic heterocycles. The molecule has 0 aliphatic heterocycles. The predicted molar refractivity (Wildman–Crippen MR) is 82.0 cm³/mol. The minimum Gasteiger partial charge on any atom is -0.310 e. The van der Waals surface area contributed by atoms with Gasteiger partial charge in [0.1, 0.15) is 11.6 Å². The zero-order chi connectivity index (χ0) is 15.4. The van der Waals surface area contributed by atoms with E-state index in [4.69, 9.17) is 0 Å². The van der Waals surface area contributed by atoms with Crippen LogP contribution in [0, 0.1) is 5.82 Å². The minimum atomic E-state index is -0.212. The molecular formula is C16H23FN4. The Bertz CT molecular complexity index is 604. The molecule has 0 spiro atoms. The normalized spacial score (nSPS) is 11.3. The highest BCUT2D eigenvalue weighted by atomic mass is 19.1. The number of nitrogens with one attached hydrogen (secondary N) is 1. The van der Waals surface area contributed by atoms with E-state index in [0.717, 1.165) is 30.2 Å². The van der Waals surface area contributed by atoms with Crippen LogP contribution in [0.5, 0.6) is 0 Å². The van der Waals surface area contributed by atoms with Gasteiger partial charge in [0.05, 0.1) is 5.69 Å². The van der Waals surface area contributed by atoms with Gasteiger partial charge in [0.2, 0.25) is 0 Å². The summed E-state index contributed by atoms with van der Waals surface area (Å²) in [6.07, 6.45) is 1.54. The van der Waals surface area contributed by atoms with Crippen LogP contribution in [0.15, 0.2) is 18.2 Å². The number of rotatable bonds is 6. The third kappa shape index (κ3) is 3.47. The molecule has 5 heteroatoms. The van der Waals surface area contributed by atoms with E-state index < -0.39 is 0 Å². The molecule has 1 heterocycles. The molecule has 0 fully saturated rings. The lowest BCUT2D eigenvalue weighted by Crippen LogP contribution is -2.23. The van der Waals surface area contributed by atoms with Gasteiger partial charge in [-0.1, -0.05) is 33.8 Å². The van der Waals surface area contributed by atoms with Gasteiger partial charge in [-0.2, -0.15) is 5.10 Å². The Balaban J connectivity index is 2.47. The maximum Gasteiger partial charge on any atom is 0.151 e. The molecule has 21 heavy (non-hydrogen) atoms. The fourth-order valence-corrected chi connectivity index (χ4v) is 2.19. The number of nitrogens with zero attached hydrogens (tertiary/aromatic N) is 3. The van der Waals surface area contributed by atoms with Crippen molar-refractivity contribution < 1.29 is 4.39 Å². The van der Waals surface area contributed by atoms with Crippen LogP contribution >= 0.6 is 0 Å². The Hall–Kier alpha value is -1.75. The van der Waals surface area contributed by atoms with E-state index in [-0.39, 0.29) is 5.82 Å². The molecule has 0 bridgehead atoms.